The van der Waals surface area contributed by atoms with Gasteiger partial charge in [0.05, 0.1) is 18.1 Å². The summed E-state index contributed by atoms with van der Waals surface area (Å²) in [5, 5.41) is 24.8. The molecule has 0 saturated heterocycles. The Labute approximate surface area is 191 Å². The fraction of sp³-hybridized carbons (Fsp3) is 0.769. The van der Waals surface area contributed by atoms with Crippen LogP contribution >= 0.6 is 11.8 Å². The molecule has 5 rings (SSSR count). The summed E-state index contributed by atoms with van der Waals surface area (Å²) in [5.74, 6) is 1.92. The quantitative estimate of drug-likeness (QED) is 0.439. The van der Waals surface area contributed by atoms with Gasteiger partial charge in [-0.3, -0.25) is 0 Å². The van der Waals surface area contributed by atoms with E-state index in [0.717, 1.165) is 50.0 Å². The van der Waals surface area contributed by atoms with Gasteiger partial charge in [0.15, 0.2) is 0 Å². The van der Waals surface area contributed by atoms with Crippen molar-refractivity contribution in [3.05, 3.63) is 35.8 Å². The molecule has 172 valence electrons. The number of fused-ring (bicyclic) bond motifs is 5. The zero-order valence-electron chi connectivity index (χ0n) is 19.1. The number of hydrogen-bond donors (Lipinski definition) is 3. The summed E-state index contributed by atoms with van der Waals surface area (Å²) in [6.45, 7) is 5.39. The zero-order valence-corrected chi connectivity index (χ0v) is 19.9. The third kappa shape index (κ3) is 2.99. The van der Waals surface area contributed by atoms with Crippen molar-refractivity contribution >= 4 is 11.8 Å². The van der Waals surface area contributed by atoms with E-state index < -0.39 is 16.6 Å². The lowest BCUT2D eigenvalue weighted by Gasteiger charge is -2.62. The lowest BCUT2D eigenvalue weighted by Crippen LogP contribution is -2.63. The minimum atomic E-state index is -1.01. The third-order valence-corrected chi connectivity index (χ3v) is 11.4. The molecule has 0 radical (unpaired) electrons. The first-order chi connectivity index (χ1) is 14.8. The van der Waals surface area contributed by atoms with E-state index in [1.54, 1.807) is 18.1 Å². The van der Waals surface area contributed by atoms with Crippen LogP contribution in [0.5, 0.6) is 0 Å². The molecule has 0 spiro atoms. The molecule has 3 saturated carbocycles. The highest BCUT2D eigenvalue weighted by Crippen LogP contribution is 2.71. The number of hydrogen-bond acceptors (Lipinski definition) is 5. The summed E-state index contributed by atoms with van der Waals surface area (Å²) in [4.78, 5) is 0. The number of aliphatic hydroxyl groups is 2. The average molecular weight is 446 g/mol. The van der Waals surface area contributed by atoms with Gasteiger partial charge in [0.25, 0.3) is 0 Å². The summed E-state index contributed by atoms with van der Waals surface area (Å²) >= 11 is 2.07. The predicted molar refractivity (Wildman–Crippen MR) is 126 cm³/mol. The normalized spacial score (nSPS) is 46.7. The fourth-order valence-corrected chi connectivity index (χ4v) is 9.28. The molecule has 5 heteroatoms. The first kappa shape index (κ1) is 22.1. The van der Waals surface area contributed by atoms with E-state index in [2.05, 4.69) is 31.7 Å². The van der Waals surface area contributed by atoms with Crippen LogP contribution in [0, 0.1) is 22.7 Å². The zero-order chi connectivity index (χ0) is 21.9. The summed E-state index contributed by atoms with van der Waals surface area (Å²) in [6.07, 6.45) is 14.8. The van der Waals surface area contributed by atoms with Crippen LogP contribution in [-0.4, -0.2) is 33.4 Å². The van der Waals surface area contributed by atoms with Crippen molar-refractivity contribution in [2.75, 3.05) is 12.3 Å². The summed E-state index contributed by atoms with van der Waals surface area (Å²) in [7, 11) is 0. The molecule has 0 unspecified atom stereocenters. The maximum atomic E-state index is 12.3. The molecule has 4 N–H and O–H groups in total. The van der Waals surface area contributed by atoms with Gasteiger partial charge in [0.2, 0.25) is 0 Å². The van der Waals surface area contributed by atoms with E-state index in [0.29, 0.717) is 24.0 Å². The molecule has 3 fully saturated rings. The van der Waals surface area contributed by atoms with Gasteiger partial charge >= 0.3 is 0 Å². The van der Waals surface area contributed by atoms with E-state index in [1.807, 2.05) is 6.07 Å². The van der Waals surface area contributed by atoms with Crippen LogP contribution in [0.3, 0.4) is 0 Å². The minimum Gasteiger partial charge on any atom is -0.472 e. The molecule has 4 aliphatic rings. The Kier molecular flexibility index (Phi) is 5.44. The lowest BCUT2D eigenvalue weighted by molar-refractivity contribution is -0.221. The second kappa shape index (κ2) is 7.65. The van der Waals surface area contributed by atoms with Crippen LogP contribution in [0.2, 0.25) is 0 Å². The molecule has 4 nitrogen and oxygen atoms in total. The van der Waals surface area contributed by atoms with Crippen LogP contribution in [0.4, 0.5) is 0 Å². The number of furan rings is 1. The second-order valence-electron chi connectivity index (χ2n) is 11.1. The lowest BCUT2D eigenvalue weighted by atomic mass is 9.44. The Morgan fingerprint density at radius 2 is 1.94 bits per heavy atom. The van der Waals surface area contributed by atoms with Gasteiger partial charge in [0, 0.05) is 16.2 Å². The van der Waals surface area contributed by atoms with E-state index in [4.69, 9.17) is 10.2 Å². The van der Waals surface area contributed by atoms with Gasteiger partial charge in [-0.05, 0) is 93.4 Å². The molecule has 1 aromatic rings. The first-order valence-corrected chi connectivity index (χ1v) is 13.3. The van der Waals surface area contributed by atoms with Crippen molar-refractivity contribution in [1.82, 2.24) is 0 Å². The van der Waals surface area contributed by atoms with Gasteiger partial charge in [-0.1, -0.05) is 25.5 Å². The topological polar surface area (TPSA) is 79.6 Å². The highest BCUT2D eigenvalue weighted by Gasteiger charge is 2.71. The fourth-order valence-electron chi connectivity index (χ4n) is 8.10. The molecule has 0 bridgehead atoms. The Bertz CT molecular complexity index is 840. The maximum Gasteiger partial charge on any atom is 0.101 e. The van der Waals surface area contributed by atoms with Crippen LogP contribution in [-0.2, 0) is 5.60 Å². The van der Waals surface area contributed by atoms with Crippen LogP contribution in [0.25, 0.3) is 0 Å². The average Bonchev–Trinajstić information content (AvgIpc) is 3.36. The monoisotopic (exact) mass is 445 g/mol. The molecule has 0 amide bonds. The predicted octanol–water partition coefficient (Wildman–Crippen LogP) is 5.00. The molecule has 4 aliphatic carbocycles. The molecule has 1 heterocycles. The van der Waals surface area contributed by atoms with E-state index >= 15 is 0 Å². The smallest absolute Gasteiger partial charge is 0.101 e. The van der Waals surface area contributed by atoms with Crippen molar-refractivity contribution in [1.29, 1.82) is 0 Å². The summed E-state index contributed by atoms with van der Waals surface area (Å²) in [6, 6.07) is 1.88. The first-order valence-electron chi connectivity index (χ1n) is 12.3. The van der Waals surface area contributed by atoms with Crippen molar-refractivity contribution in [3.63, 3.8) is 0 Å². The molecular formula is C26H39NO3S. The summed E-state index contributed by atoms with van der Waals surface area (Å²) in [5.41, 5.74) is 6.00. The SMILES string of the molecule is C[C@]12CC[C@H]3[C@@H](CCC4=C[C@@H](SCCCN)CC[C@@]43C)[C@@]1(O)CC[C@]2(O)c1ccoc1. The standard InChI is InChI=1S/C26H39NO3S/c1-23-9-6-20(31-15-3-13-27)16-18(23)4-5-22-21(23)7-10-24(2)25(28,11-12-26(22,24)29)19-8-14-30-17-19/h8,14,16-17,20-22,28-29H,3-7,9-13,15,27H2,1-2H3/t20-,21-,22+,23-,24+,25-,26-/m0/s1. The highest BCUT2D eigenvalue weighted by molar-refractivity contribution is 8.00. The van der Waals surface area contributed by atoms with Gasteiger partial charge in [-0.15, -0.1) is 0 Å². The molecule has 7 atom stereocenters. The van der Waals surface area contributed by atoms with Gasteiger partial charge < -0.3 is 20.4 Å². The Morgan fingerprint density at radius 3 is 2.68 bits per heavy atom. The molecule has 0 aromatic carbocycles. The Hall–Kier alpha value is -0.750. The highest BCUT2D eigenvalue weighted by atomic mass is 32.2. The van der Waals surface area contributed by atoms with Crippen LogP contribution < -0.4 is 5.73 Å². The van der Waals surface area contributed by atoms with Crippen molar-refractivity contribution in [2.24, 2.45) is 28.4 Å². The van der Waals surface area contributed by atoms with Gasteiger partial charge in [-0.2, -0.15) is 11.8 Å². The van der Waals surface area contributed by atoms with Crippen molar-refractivity contribution in [2.45, 2.75) is 88.1 Å². The molecule has 0 aliphatic heterocycles. The van der Waals surface area contributed by atoms with E-state index in [9.17, 15) is 10.2 Å². The van der Waals surface area contributed by atoms with Gasteiger partial charge in [-0.25, -0.2) is 0 Å². The number of thioether (sulfide) groups is 1. The van der Waals surface area contributed by atoms with E-state index in [1.165, 1.54) is 12.8 Å². The molecule has 1 aromatic heterocycles. The van der Waals surface area contributed by atoms with Gasteiger partial charge in [0.1, 0.15) is 5.60 Å². The maximum absolute atomic E-state index is 12.3. The second-order valence-corrected chi connectivity index (χ2v) is 12.5. The largest absolute Gasteiger partial charge is 0.472 e. The molecular weight excluding hydrogens is 406 g/mol. The Morgan fingerprint density at radius 1 is 1.10 bits per heavy atom. The Balaban J connectivity index is 1.42. The third-order valence-electron chi connectivity index (χ3n) is 10.1. The number of nitrogens with two attached hydrogens (primary N) is 1. The number of rotatable bonds is 5. The van der Waals surface area contributed by atoms with E-state index in [-0.39, 0.29) is 11.3 Å². The van der Waals surface area contributed by atoms with Crippen LogP contribution in [0.1, 0.15) is 77.2 Å². The van der Waals surface area contributed by atoms with Crippen LogP contribution in [0.15, 0.2) is 34.7 Å². The number of allylic oxidation sites excluding steroid dienone is 1. The minimum absolute atomic E-state index is 0.196. The van der Waals surface area contributed by atoms with Crippen molar-refractivity contribution < 1.29 is 14.6 Å². The molecule has 31 heavy (non-hydrogen) atoms. The summed E-state index contributed by atoms with van der Waals surface area (Å²) < 4.78 is 5.33. The van der Waals surface area contributed by atoms with Crippen molar-refractivity contribution in [3.8, 4) is 0 Å².